The fraction of sp³-hybridized carbons (Fsp3) is 0.789. The van der Waals surface area contributed by atoms with Crippen LogP contribution in [0.1, 0.15) is 74.7 Å². The summed E-state index contributed by atoms with van der Waals surface area (Å²) in [4.78, 5) is 0. The van der Waals surface area contributed by atoms with Crippen molar-refractivity contribution >= 4 is 0 Å². The molecule has 1 aliphatic carbocycles. The van der Waals surface area contributed by atoms with E-state index in [-0.39, 0.29) is 0 Å². The topological polar surface area (TPSA) is 0 Å². The van der Waals surface area contributed by atoms with E-state index in [9.17, 15) is 0 Å². The summed E-state index contributed by atoms with van der Waals surface area (Å²) in [5, 5.41) is 0. The van der Waals surface area contributed by atoms with Crippen LogP contribution >= 0.6 is 0 Å². The van der Waals surface area contributed by atoms with Crippen LogP contribution in [-0.2, 0) is 16.6 Å². The van der Waals surface area contributed by atoms with Crippen LogP contribution in [0.25, 0.3) is 0 Å². The Morgan fingerprint density at radius 1 is 0.750 bits per heavy atom. The number of rotatable bonds is 7. The van der Waals surface area contributed by atoms with E-state index in [1.165, 1.54) is 19.3 Å². The molecule has 0 spiro atoms. The minimum absolute atomic E-state index is 0.341. The summed E-state index contributed by atoms with van der Waals surface area (Å²) in [5.41, 5.74) is 5.27. The Bertz CT molecular complexity index is 392. The van der Waals surface area contributed by atoms with E-state index in [4.69, 9.17) is 0 Å². The van der Waals surface area contributed by atoms with Gasteiger partial charge in [0.05, 0.1) is 0 Å². The zero-order valence-corrected chi connectivity index (χ0v) is 16.8. The van der Waals surface area contributed by atoms with E-state index in [2.05, 4.69) is 55.4 Å². The van der Waals surface area contributed by atoms with Crippen molar-refractivity contribution in [1.29, 1.82) is 0 Å². The Balaban J connectivity index is 3.41. The van der Waals surface area contributed by atoms with Crippen LogP contribution < -0.4 is 0 Å². The summed E-state index contributed by atoms with van der Waals surface area (Å²) in [6.45, 7) is 19.4. The fourth-order valence-corrected chi connectivity index (χ4v) is 15.6. The molecule has 1 heteroatoms. The summed E-state index contributed by atoms with van der Waals surface area (Å²) in [6.07, 6.45) is 4.14. The van der Waals surface area contributed by atoms with E-state index in [0.29, 0.717) is 5.41 Å². The van der Waals surface area contributed by atoms with Crippen molar-refractivity contribution in [3.05, 3.63) is 20.6 Å². The molecule has 0 aromatic heterocycles. The molecule has 0 amide bonds. The standard InChI is InChI=1S/C10H15.3C3H7.Ti/c1-7-6-10(4,5)9(3)8(7)2;3*1-3-2;/h1-5H3;3*1,3H2,2H3;. The van der Waals surface area contributed by atoms with Gasteiger partial charge in [0, 0.05) is 0 Å². The number of hydrogen-bond acceptors (Lipinski definition) is 0. The van der Waals surface area contributed by atoms with Crippen molar-refractivity contribution in [3.8, 4) is 0 Å². The summed E-state index contributed by atoms with van der Waals surface area (Å²) < 4.78 is 6.58. The van der Waals surface area contributed by atoms with Gasteiger partial charge in [-0.3, -0.25) is 0 Å². The van der Waals surface area contributed by atoms with E-state index in [1.807, 2.05) is 3.88 Å². The predicted octanol–water partition coefficient (Wildman–Crippen LogP) is 7.28. The second-order valence-corrected chi connectivity index (χ2v) is 14.5. The van der Waals surface area contributed by atoms with Crippen molar-refractivity contribution in [2.24, 2.45) is 5.41 Å². The van der Waals surface area contributed by atoms with E-state index in [1.54, 1.807) is 30.9 Å². The van der Waals surface area contributed by atoms with Crippen LogP contribution in [0.2, 0.25) is 14.2 Å². The van der Waals surface area contributed by atoms with Gasteiger partial charge in [-0.1, -0.05) is 0 Å². The maximum atomic E-state index is 2.50. The number of hydrogen-bond donors (Lipinski definition) is 0. The summed E-state index contributed by atoms with van der Waals surface area (Å²) in [5.74, 6) is 0. The van der Waals surface area contributed by atoms with Gasteiger partial charge in [-0.05, 0) is 0 Å². The van der Waals surface area contributed by atoms with Gasteiger partial charge in [0.2, 0.25) is 0 Å². The summed E-state index contributed by atoms with van der Waals surface area (Å²) >= 11 is -1.92. The van der Waals surface area contributed by atoms with Crippen LogP contribution in [0, 0.1) is 5.41 Å². The molecule has 1 aliphatic rings. The molecule has 0 bridgehead atoms. The second kappa shape index (κ2) is 6.97. The Morgan fingerprint density at radius 3 is 1.40 bits per heavy atom. The zero-order valence-electron chi connectivity index (χ0n) is 15.2. The molecule has 0 nitrogen and oxygen atoms in total. The molecular formula is C19H36Ti. The third kappa shape index (κ3) is 3.02. The normalized spacial score (nSPS) is 19.2. The molecule has 0 aliphatic heterocycles. The monoisotopic (exact) mass is 312 g/mol. The summed E-state index contributed by atoms with van der Waals surface area (Å²) in [6, 6.07) is 0. The molecular weight excluding hydrogens is 276 g/mol. The quantitative estimate of drug-likeness (QED) is 0.433. The van der Waals surface area contributed by atoms with Gasteiger partial charge < -0.3 is 0 Å². The molecule has 116 valence electrons. The van der Waals surface area contributed by atoms with Gasteiger partial charge in [-0.2, -0.15) is 0 Å². The Labute approximate surface area is 131 Å². The first kappa shape index (κ1) is 18.2. The minimum atomic E-state index is -1.92. The second-order valence-electron chi connectivity index (χ2n) is 7.41. The van der Waals surface area contributed by atoms with Crippen LogP contribution in [0.5, 0.6) is 0 Å². The van der Waals surface area contributed by atoms with Crippen molar-refractivity contribution in [3.63, 3.8) is 0 Å². The van der Waals surface area contributed by atoms with Gasteiger partial charge in [0.15, 0.2) is 0 Å². The Hall–Kier alpha value is 0.194. The molecule has 0 N–H and O–H groups in total. The molecule has 0 saturated heterocycles. The number of allylic oxidation sites excluding steroid dienone is 4. The zero-order chi connectivity index (χ0) is 15.6. The molecule has 20 heavy (non-hydrogen) atoms. The van der Waals surface area contributed by atoms with Crippen LogP contribution in [0.3, 0.4) is 0 Å². The van der Waals surface area contributed by atoms with E-state index < -0.39 is 16.6 Å². The van der Waals surface area contributed by atoms with Crippen LogP contribution in [-0.4, -0.2) is 0 Å². The van der Waals surface area contributed by atoms with E-state index in [0.717, 1.165) is 0 Å². The average molecular weight is 312 g/mol. The Morgan fingerprint density at radius 2 is 1.15 bits per heavy atom. The molecule has 0 aromatic carbocycles. The first-order valence-electron chi connectivity index (χ1n) is 8.68. The van der Waals surface area contributed by atoms with Gasteiger partial charge in [-0.25, -0.2) is 0 Å². The van der Waals surface area contributed by atoms with E-state index >= 15 is 0 Å². The SMILES string of the molecule is CC[CH2][Ti]([CH2]CC)([CH2]CC)[C]1=C(C)C(C)=C(C)C1(C)C. The maximum absolute atomic E-state index is 2.50. The molecule has 0 radical (unpaired) electrons. The molecule has 0 aromatic rings. The summed E-state index contributed by atoms with van der Waals surface area (Å²) in [7, 11) is 0. The Kier molecular flexibility index (Phi) is 6.36. The molecule has 0 heterocycles. The van der Waals surface area contributed by atoms with Crippen molar-refractivity contribution in [2.45, 2.75) is 88.8 Å². The first-order valence-corrected chi connectivity index (χ1v) is 12.8. The van der Waals surface area contributed by atoms with Crippen molar-refractivity contribution in [1.82, 2.24) is 0 Å². The molecule has 0 fully saturated rings. The van der Waals surface area contributed by atoms with Crippen molar-refractivity contribution in [2.75, 3.05) is 0 Å². The average Bonchev–Trinajstić information content (AvgIpc) is 2.51. The molecule has 1 rings (SSSR count). The van der Waals surface area contributed by atoms with Crippen LogP contribution in [0.15, 0.2) is 20.6 Å². The van der Waals surface area contributed by atoms with Crippen molar-refractivity contribution < 1.29 is 16.6 Å². The first-order chi connectivity index (χ1) is 9.28. The third-order valence-corrected chi connectivity index (χ3v) is 15.8. The van der Waals surface area contributed by atoms with Gasteiger partial charge >= 0.3 is 131 Å². The van der Waals surface area contributed by atoms with Gasteiger partial charge in [0.1, 0.15) is 0 Å². The molecule has 0 saturated carbocycles. The van der Waals surface area contributed by atoms with Gasteiger partial charge in [0.25, 0.3) is 0 Å². The molecule has 0 unspecified atom stereocenters. The fourth-order valence-electron chi connectivity index (χ4n) is 4.84. The molecule has 0 atom stereocenters. The van der Waals surface area contributed by atoms with Crippen LogP contribution in [0.4, 0.5) is 0 Å². The van der Waals surface area contributed by atoms with Gasteiger partial charge in [-0.15, -0.1) is 0 Å². The predicted molar refractivity (Wildman–Crippen MR) is 90.1 cm³/mol. The third-order valence-electron chi connectivity index (χ3n) is 5.78.